The van der Waals surface area contributed by atoms with E-state index in [-0.39, 0.29) is 16.4 Å². The molecule has 1 N–H and O–H groups in total. The maximum atomic E-state index is 11.0. The van der Waals surface area contributed by atoms with Gasteiger partial charge in [0, 0.05) is 11.1 Å². The molecule has 1 aromatic carbocycles. The lowest BCUT2D eigenvalue weighted by atomic mass is 9.75. The van der Waals surface area contributed by atoms with Crippen molar-refractivity contribution >= 4 is 0 Å². The Kier molecular flexibility index (Phi) is 6.55. The first-order valence-corrected chi connectivity index (χ1v) is 9.41. The lowest BCUT2D eigenvalue weighted by molar-refractivity contribution is -0.0317. The quantitative estimate of drug-likeness (QED) is 0.590. The summed E-state index contributed by atoms with van der Waals surface area (Å²) in [5.74, 6) is 0.465. The summed E-state index contributed by atoms with van der Waals surface area (Å²) in [6.45, 7) is 20.1. The molecule has 0 radical (unpaired) electrons. The Morgan fingerprint density at radius 2 is 1.21 bits per heavy atom. The minimum atomic E-state index is -0.126. The Balaban J connectivity index is 3.41. The second kappa shape index (κ2) is 7.47. The van der Waals surface area contributed by atoms with Crippen molar-refractivity contribution in [1.82, 2.24) is 0 Å². The van der Waals surface area contributed by atoms with Gasteiger partial charge in [-0.05, 0) is 61.6 Å². The summed E-state index contributed by atoms with van der Waals surface area (Å²) >= 11 is 0. The Morgan fingerprint density at radius 3 is 1.54 bits per heavy atom. The molecule has 0 spiro atoms. The van der Waals surface area contributed by atoms with Crippen LogP contribution in [-0.4, -0.2) is 10.7 Å². The van der Waals surface area contributed by atoms with E-state index < -0.39 is 0 Å². The van der Waals surface area contributed by atoms with Gasteiger partial charge in [0.05, 0.1) is 12.2 Å². The third kappa shape index (κ3) is 4.75. The summed E-state index contributed by atoms with van der Waals surface area (Å²) in [5.41, 5.74) is 2.99. The van der Waals surface area contributed by atoms with Crippen LogP contribution in [0.4, 0.5) is 0 Å². The summed E-state index contributed by atoms with van der Waals surface area (Å²) in [6, 6.07) is 4.28. The summed E-state index contributed by atoms with van der Waals surface area (Å²) in [4.78, 5) is 0. The highest BCUT2D eigenvalue weighted by molar-refractivity contribution is 5.50. The Bertz CT molecular complexity index is 516. The van der Waals surface area contributed by atoms with E-state index >= 15 is 0 Å². The third-order valence-corrected chi connectivity index (χ3v) is 5.88. The van der Waals surface area contributed by atoms with Gasteiger partial charge in [0.15, 0.2) is 0 Å². The van der Waals surface area contributed by atoms with Crippen molar-refractivity contribution in [3.05, 3.63) is 28.8 Å². The molecule has 0 aromatic heterocycles. The Morgan fingerprint density at radius 1 is 0.792 bits per heavy atom. The maximum Gasteiger partial charge on any atom is 0.123 e. The van der Waals surface area contributed by atoms with Crippen molar-refractivity contribution in [1.29, 1.82) is 0 Å². The SMILES string of the molecule is CCC(C)(C)OCc1cc(C(C)(C)CC)c(O)c(C(C)(C)CC)c1. The zero-order chi connectivity index (χ0) is 18.8. The van der Waals surface area contributed by atoms with E-state index in [0.717, 1.165) is 36.0 Å². The van der Waals surface area contributed by atoms with Crippen molar-refractivity contribution in [3.63, 3.8) is 0 Å². The van der Waals surface area contributed by atoms with Crippen molar-refractivity contribution in [3.8, 4) is 5.75 Å². The van der Waals surface area contributed by atoms with Crippen LogP contribution in [0.1, 0.15) is 98.3 Å². The molecular weight excluding hydrogens is 296 g/mol. The molecule has 2 nitrogen and oxygen atoms in total. The van der Waals surface area contributed by atoms with Gasteiger partial charge in [0.2, 0.25) is 0 Å². The minimum Gasteiger partial charge on any atom is -0.507 e. The fourth-order valence-electron chi connectivity index (χ4n) is 2.57. The summed E-state index contributed by atoms with van der Waals surface area (Å²) in [5, 5.41) is 11.0. The topological polar surface area (TPSA) is 29.5 Å². The number of phenols is 1. The van der Waals surface area contributed by atoms with Crippen LogP contribution in [0.5, 0.6) is 5.75 Å². The number of hydrogen-bond acceptors (Lipinski definition) is 2. The monoisotopic (exact) mass is 334 g/mol. The van der Waals surface area contributed by atoms with Crippen LogP contribution in [0, 0.1) is 0 Å². The second-order valence-electron chi connectivity index (χ2n) is 8.92. The molecular formula is C22H38O2. The predicted octanol–water partition coefficient (Wildman–Crippen LogP) is 6.47. The predicted molar refractivity (Wildman–Crippen MR) is 104 cm³/mol. The van der Waals surface area contributed by atoms with Crippen molar-refractivity contribution in [2.24, 2.45) is 0 Å². The highest BCUT2D eigenvalue weighted by Crippen LogP contribution is 2.42. The number of phenolic OH excluding ortho intramolecular Hbond substituents is 1. The van der Waals surface area contributed by atoms with Crippen LogP contribution in [0.25, 0.3) is 0 Å². The van der Waals surface area contributed by atoms with Gasteiger partial charge in [-0.15, -0.1) is 0 Å². The molecule has 0 saturated carbocycles. The highest BCUT2D eigenvalue weighted by Gasteiger charge is 2.30. The standard InChI is InChI=1S/C22H38O2/c1-10-20(4,5)17-13-16(15-24-22(8,9)12-3)14-18(19(17)23)21(6,7)11-2/h13-14,23H,10-12,15H2,1-9H3. The molecule has 138 valence electrons. The van der Waals surface area contributed by atoms with E-state index in [2.05, 4.69) is 74.4 Å². The van der Waals surface area contributed by atoms with Gasteiger partial charge in [-0.1, -0.05) is 48.5 Å². The van der Waals surface area contributed by atoms with Crippen LogP contribution in [0.3, 0.4) is 0 Å². The number of aromatic hydroxyl groups is 1. The fraction of sp³-hybridized carbons (Fsp3) is 0.727. The molecule has 0 unspecified atom stereocenters. The van der Waals surface area contributed by atoms with E-state index in [4.69, 9.17) is 4.74 Å². The van der Waals surface area contributed by atoms with Crippen molar-refractivity contribution < 1.29 is 9.84 Å². The average Bonchev–Trinajstić information content (AvgIpc) is 2.53. The summed E-state index contributed by atoms with van der Waals surface area (Å²) in [6.07, 6.45) is 2.94. The summed E-state index contributed by atoms with van der Waals surface area (Å²) < 4.78 is 6.13. The molecule has 0 aliphatic heterocycles. The molecule has 24 heavy (non-hydrogen) atoms. The molecule has 0 amide bonds. The van der Waals surface area contributed by atoms with E-state index in [1.54, 1.807) is 0 Å². The van der Waals surface area contributed by atoms with E-state index in [1.165, 1.54) is 0 Å². The molecule has 0 fully saturated rings. The molecule has 1 rings (SSSR count). The molecule has 0 saturated heterocycles. The molecule has 1 aromatic rings. The zero-order valence-corrected chi connectivity index (χ0v) is 17.3. The van der Waals surface area contributed by atoms with Gasteiger partial charge in [-0.2, -0.15) is 0 Å². The van der Waals surface area contributed by atoms with Crippen LogP contribution in [0.2, 0.25) is 0 Å². The number of hydrogen-bond donors (Lipinski definition) is 1. The Hall–Kier alpha value is -1.02. The van der Waals surface area contributed by atoms with E-state index in [9.17, 15) is 5.11 Å². The van der Waals surface area contributed by atoms with Gasteiger partial charge in [-0.25, -0.2) is 0 Å². The van der Waals surface area contributed by atoms with Gasteiger partial charge in [0.1, 0.15) is 5.75 Å². The molecule has 0 aliphatic rings. The van der Waals surface area contributed by atoms with Crippen LogP contribution < -0.4 is 0 Å². The Labute approximate surface area is 149 Å². The number of benzene rings is 1. The lowest BCUT2D eigenvalue weighted by Gasteiger charge is -2.32. The van der Waals surface area contributed by atoms with E-state index in [0.29, 0.717) is 12.4 Å². The smallest absolute Gasteiger partial charge is 0.123 e. The molecule has 2 heteroatoms. The minimum absolute atomic E-state index is 0.0566. The molecule has 0 bridgehead atoms. The first-order valence-electron chi connectivity index (χ1n) is 9.41. The van der Waals surface area contributed by atoms with Crippen LogP contribution in [0.15, 0.2) is 12.1 Å². The third-order valence-electron chi connectivity index (χ3n) is 5.88. The van der Waals surface area contributed by atoms with Gasteiger partial charge in [0.25, 0.3) is 0 Å². The van der Waals surface area contributed by atoms with Crippen LogP contribution >= 0.6 is 0 Å². The normalized spacial score (nSPS) is 13.4. The summed E-state index contributed by atoms with van der Waals surface area (Å²) in [7, 11) is 0. The highest BCUT2D eigenvalue weighted by atomic mass is 16.5. The molecule has 0 heterocycles. The van der Waals surface area contributed by atoms with Gasteiger partial charge < -0.3 is 9.84 Å². The van der Waals surface area contributed by atoms with E-state index in [1.807, 2.05) is 0 Å². The average molecular weight is 335 g/mol. The number of ether oxygens (including phenoxy) is 1. The molecule has 0 atom stereocenters. The second-order valence-corrected chi connectivity index (χ2v) is 8.92. The maximum absolute atomic E-state index is 11.0. The lowest BCUT2D eigenvalue weighted by Crippen LogP contribution is -2.24. The van der Waals surface area contributed by atoms with Crippen LogP contribution in [-0.2, 0) is 22.2 Å². The first-order chi connectivity index (χ1) is 10.9. The van der Waals surface area contributed by atoms with Gasteiger partial charge in [-0.3, -0.25) is 0 Å². The number of rotatable bonds is 8. The van der Waals surface area contributed by atoms with Gasteiger partial charge >= 0.3 is 0 Å². The first kappa shape index (κ1) is 21.0. The fourth-order valence-corrected chi connectivity index (χ4v) is 2.57. The largest absolute Gasteiger partial charge is 0.507 e. The molecule has 0 aliphatic carbocycles. The van der Waals surface area contributed by atoms with Crippen molar-refractivity contribution in [2.45, 2.75) is 105 Å². The zero-order valence-electron chi connectivity index (χ0n) is 17.3. The van der Waals surface area contributed by atoms with Crippen molar-refractivity contribution in [2.75, 3.05) is 0 Å².